The van der Waals surface area contributed by atoms with Crippen molar-refractivity contribution in [3.63, 3.8) is 0 Å². The van der Waals surface area contributed by atoms with Crippen molar-refractivity contribution >= 4 is 5.91 Å². The van der Waals surface area contributed by atoms with Gasteiger partial charge in [-0.1, -0.05) is 48.9 Å². The summed E-state index contributed by atoms with van der Waals surface area (Å²) in [6, 6.07) is 20.1. The molecule has 0 radical (unpaired) electrons. The van der Waals surface area contributed by atoms with Gasteiger partial charge < -0.3 is 10.6 Å². The van der Waals surface area contributed by atoms with Gasteiger partial charge in [0.1, 0.15) is 0 Å². The fourth-order valence-electron chi connectivity index (χ4n) is 6.20. The van der Waals surface area contributed by atoms with Gasteiger partial charge in [0.15, 0.2) is 0 Å². The molecule has 4 nitrogen and oxygen atoms in total. The number of amides is 1. The van der Waals surface area contributed by atoms with E-state index < -0.39 is 0 Å². The average molecular weight is 404 g/mol. The number of hydrogen-bond acceptors (Lipinski definition) is 3. The van der Waals surface area contributed by atoms with E-state index in [9.17, 15) is 4.79 Å². The van der Waals surface area contributed by atoms with E-state index in [4.69, 9.17) is 5.73 Å². The molecular formula is C26H33N3O. The van der Waals surface area contributed by atoms with Crippen LogP contribution in [0.25, 0.3) is 0 Å². The van der Waals surface area contributed by atoms with Gasteiger partial charge in [-0.15, -0.1) is 0 Å². The van der Waals surface area contributed by atoms with Gasteiger partial charge in [-0.2, -0.15) is 0 Å². The van der Waals surface area contributed by atoms with Crippen LogP contribution in [0.1, 0.15) is 47.2 Å². The Balaban J connectivity index is 1.30. The molecule has 158 valence electrons. The molecule has 2 N–H and O–H groups in total. The van der Waals surface area contributed by atoms with Gasteiger partial charge >= 0.3 is 0 Å². The fourth-order valence-corrected chi connectivity index (χ4v) is 6.20. The summed E-state index contributed by atoms with van der Waals surface area (Å²) in [4.78, 5) is 18.2. The lowest BCUT2D eigenvalue weighted by Crippen LogP contribution is -2.62. The van der Waals surface area contributed by atoms with Crippen LogP contribution in [0.2, 0.25) is 0 Å². The summed E-state index contributed by atoms with van der Waals surface area (Å²) in [7, 11) is 0. The number of benzene rings is 2. The normalized spacial score (nSPS) is 28.8. The number of nitrogens with zero attached hydrogens (tertiary/aromatic N) is 2. The van der Waals surface area contributed by atoms with Gasteiger partial charge in [0, 0.05) is 43.8 Å². The van der Waals surface area contributed by atoms with Gasteiger partial charge in [0.2, 0.25) is 0 Å². The SMILES string of the molecule is NCc1cccc(C(=O)N2C[C@@H]3C[C@H](C2)[C@@H]2CCC[C@H](Cc4ccccc4)N2C3)c1. The Bertz CT molecular complexity index is 883. The highest BCUT2D eigenvalue weighted by Crippen LogP contribution is 2.40. The highest BCUT2D eigenvalue weighted by atomic mass is 16.2. The van der Waals surface area contributed by atoms with Crippen molar-refractivity contribution < 1.29 is 4.79 Å². The Labute approximate surface area is 180 Å². The zero-order chi connectivity index (χ0) is 20.5. The van der Waals surface area contributed by atoms with Crippen LogP contribution < -0.4 is 5.73 Å². The van der Waals surface area contributed by atoms with Gasteiger partial charge in [-0.05, 0) is 60.8 Å². The van der Waals surface area contributed by atoms with Crippen molar-refractivity contribution in [1.82, 2.24) is 9.80 Å². The summed E-state index contributed by atoms with van der Waals surface area (Å²) < 4.78 is 0. The molecular weight excluding hydrogens is 370 g/mol. The Morgan fingerprint density at radius 1 is 0.967 bits per heavy atom. The van der Waals surface area contributed by atoms with Crippen molar-refractivity contribution in [2.24, 2.45) is 17.6 Å². The van der Waals surface area contributed by atoms with E-state index in [2.05, 4.69) is 40.1 Å². The summed E-state index contributed by atoms with van der Waals surface area (Å²) in [6.07, 6.45) is 6.34. The molecule has 4 heteroatoms. The minimum atomic E-state index is 0.185. The lowest BCUT2D eigenvalue weighted by Gasteiger charge is -2.55. The zero-order valence-corrected chi connectivity index (χ0v) is 17.7. The predicted molar refractivity (Wildman–Crippen MR) is 120 cm³/mol. The number of fused-ring (bicyclic) bond motifs is 4. The number of carbonyl (C=O) groups excluding carboxylic acids is 1. The lowest BCUT2D eigenvalue weighted by molar-refractivity contribution is -0.0498. The molecule has 2 aromatic carbocycles. The first-order valence-electron chi connectivity index (χ1n) is 11.6. The summed E-state index contributed by atoms with van der Waals surface area (Å²) in [5.41, 5.74) is 9.06. The molecule has 0 aliphatic carbocycles. The van der Waals surface area contributed by atoms with Crippen LogP contribution in [0.4, 0.5) is 0 Å². The van der Waals surface area contributed by atoms with E-state index in [1.54, 1.807) is 0 Å². The summed E-state index contributed by atoms with van der Waals surface area (Å²) in [5, 5.41) is 0. The second-order valence-corrected chi connectivity index (χ2v) is 9.52. The highest BCUT2D eigenvalue weighted by molar-refractivity contribution is 5.94. The Hall–Kier alpha value is -2.17. The topological polar surface area (TPSA) is 49.6 Å². The number of rotatable bonds is 4. The zero-order valence-electron chi connectivity index (χ0n) is 17.7. The average Bonchev–Trinajstić information content (AvgIpc) is 2.80. The van der Waals surface area contributed by atoms with Gasteiger partial charge in [0.05, 0.1) is 0 Å². The van der Waals surface area contributed by atoms with Crippen molar-refractivity contribution in [2.75, 3.05) is 19.6 Å². The van der Waals surface area contributed by atoms with Crippen LogP contribution in [-0.2, 0) is 13.0 Å². The van der Waals surface area contributed by atoms with Crippen LogP contribution in [0.15, 0.2) is 54.6 Å². The number of hydrogen-bond donors (Lipinski definition) is 1. The van der Waals surface area contributed by atoms with Crippen LogP contribution in [-0.4, -0.2) is 47.4 Å². The monoisotopic (exact) mass is 403 g/mol. The minimum Gasteiger partial charge on any atom is -0.338 e. The first-order valence-corrected chi connectivity index (χ1v) is 11.6. The summed E-state index contributed by atoms with van der Waals surface area (Å²) in [6.45, 7) is 3.42. The third-order valence-corrected chi connectivity index (χ3v) is 7.53. The standard InChI is InChI=1S/C26H33N3O/c27-15-20-8-4-9-22(12-20)26(30)28-16-21-13-23(18-28)25-11-5-10-24(29(25)17-21)14-19-6-2-1-3-7-19/h1-4,6-9,12,21,23-25H,5,10-11,13-18,27H2/t21-,23+,24+,25-/m0/s1. The predicted octanol–water partition coefficient (Wildman–Crippen LogP) is 3.70. The number of likely N-dealkylation sites (tertiary alicyclic amines) is 1. The molecule has 30 heavy (non-hydrogen) atoms. The van der Waals surface area contributed by atoms with E-state index in [1.165, 1.54) is 31.2 Å². The smallest absolute Gasteiger partial charge is 0.253 e. The molecule has 5 rings (SSSR count). The third kappa shape index (κ3) is 3.91. The number of carbonyl (C=O) groups is 1. The fraction of sp³-hybridized carbons (Fsp3) is 0.500. The summed E-state index contributed by atoms with van der Waals surface area (Å²) >= 11 is 0. The Morgan fingerprint density at radius 2 is 1.80 bits per heavy atom. The van der Waals surface area contributed by atoms with Gasteiger partial charge in [-0.25, -0.2) is 0 Å². The largest absolute Gasteiger partial charge is 0.338 e. The van der Waals surface area contributed by atoms with Crippen molar-refractivity contribution in [3.05, 3.63) is 71.3 Å². The number of piperidine rings is 3. The second kappa shape index (κ2) is 8.52. The molecule has 3 saturated heterocycles. The summed E-state index contributed by atoms with van der Waals surface area (Å²) in [5.74, 6) is 1.39. The molecule has 0 saturated carbocycles. The Morgan fingerprint density at radius 3 is 2.63 bits per heavy atom. The molecule has 1 amide bonds. The van der Waals surface area contributed by atoms with E-state index in [1.807, 2.05) is 24.3 Å². The van der Waals surface area contributed by atoms with Crippen LogP contribution >= 0.6 is 0 Å². The first-order chi connectivity index (χ1) is 14.7. The van der Waals surface area contributed by atoms with Crippen molar-refractivity contribution in [2.45, 2.75) is 50.7 Å². The van der Waals surface area contributed by atoms with Crippen molar-refractivity contribution in [3.8, 4) is 0 Å². The molecule has 3 aliphatic heterocycles. The molecule has 2 aromatic rings. The Kier molecular flexibility index (Phi) is 5.62. The van der Waals surface area contributed by atoms with Crippen molar-refractivity contribution in [1.29, 1.82) is 0 Å². The van der Waals surface area contributed by atoms with E-state index in [0.717, 1.165) is 37.2 Å². The van der Waals surface area contributed by atoms with Gasteiger partial charge in [-0.3, -0.25) is 9.69 Å². The third-order valence-electron chi connectivity index (χ3n) is 7.53. The lowest BCUT2D eigenvalue weighted by atomic mass is 9.74. The molecule has 0 unspecified atom stereocenters. The molecule has 3 fully saturated rings. The minimum absolute atomic E-state index is 0.185. The molecule has 4 atom stereocenters. The number of nitrogens with two attached hydrogens (primary N) is 1. The first kappa shape index (κ1) is 19.8. The van der Waals surface area contributed by atoms with Gasteiger partial charge in [0.25, 0.3) is 5.91 Å². The maximum atomic E-state index is 13.2. The molecule has 3 aliphatic rings. The van der Waals surface area contributed by atoms with Crippen LogP contribution in [0.3, 0.4) is 0 Å². The van der Waals surface area contributed by atoms with Crippen LogP contribution in [0, 0.1) is 11.8 Å². The highest BCUT2D eigenvalue weighted by Gasteiger charge is 2.45. The molecule has 0 aromatic heterocycles. The maximum Gasteiger partial charge on any atom is 0.253 e. The van der Waals surface area contributed by atoms with E-state index >= 15 is 0 Å². The van der Waals surface area contributed by atoms with E-state index in [0.29, 0.717) is 30.5 Å². The van der Waals surface area contributed by atoms with E-state index in [-0.39, 0.29) is 5.91 Å². The maximum absolute atomic E-state index is 13.2. The molecule has 3 heterocycles. The quantitative estimate of drug-likeness (QED) is 0.847. The van der Waals surface area contributed by atoms with Crippen LogP contribution in [0.5, 0.6) is 0 Å². The molecule has 2 bridgehead atoms. The second-order valence-electron chi connectivity index (χ2n) is 9.52. The molecule has 0 spiro atoms.